The van der Waals surface area contributed by atoms with Crippen molar-refractivity contribution < 1.29 is 4.39 Å². The molecule has 9 nitrogen and oxygen atoms in total. The van der Waals surface area contributed by atoms with E-state index < -0.39 is 5.69 Å². The van der Waals surface area contributed by atoms with Crippen LogP contribution in [0.1, 0.15) is 5.56 Å². The number of anilines is 2. The molecule has 0 aliphatic carbocycles. The van der Waals surface area contributed by atoms with E-state index in [-0.39, 0.29) is 11.4 Å². The number of rotatable bonds is 4. The fraction of sp³-hybridized carbons (Fsp3) is 0.280. The number of aryl methyl sites for hydroxylation is 1. The highest BCUT2D eigenvalue weighted by Crippen LogP contribution is 2.23. The van der Waals surface area contributed by atoms with Crippen LogP contribution in [0.3, 0.4) is 0 Å². The Morgan fingerprint density at radius 3 is 2.30 bits per heavy atom. The molecule has 0 unspecified atom stereocenters. The van der Waals surface area contributed by atoms with Crippen molar-refractivity contribution in [1.29, 1.82) is 0 Å². The Kier molecular flexibility index (Phi) is 6.86. The van der Waals surface area contributed by atoms with E-state index in [0.29, 0.717) is 54.9 Å². The lowest BCUT2D eigenvalue weighted by molar-refractivity contribution is 0.386. The predicted octanol–water partition coefficient (Wildman–Crippen LogP) is 2.90. The van der Waals surface area contributed by atoms with Crippen LogP contribution in [0.15, 0.2) is 62.6 Å². The molecule has 0 radical (unpaired) electrons. The lowest BCUT2D eigenvalue weighted by Crippen LogP contribution is -2.50. The molecule has 0 atom stereocenters. The van der Waals surface area contributed by atoms with Crippen LogP contribution in [-0.4, -0.2) is 54.9 Å². The van der Waals surface area contributed by atoms with Gasteiger partial charge in [-0.2, -0.15) is 4.98 Å². The SMILES string of the molecule is Cn1c(=O)c2c(nc(N3CCN(C(=S)Nc4ccc(F)cc4)CC3)n2Cc2ccc(Br)cc2)n(C)c1=O. The Labute approximate surface area is 225 Å². The van der Waals surface area contributed by atoms with E-state index in [2.05, 4.69) is 26.1 Å². The van der Waals surface area contributed by atoms with E-state index >= 15 is 0 Å². The summed E-state index contributed by atoms with van der Waals surface area (Å²) in [5, 5.41) is 3.72. The Balaban J connectivity index is 1.44. The third-order valence-electron chi connectivity index (χ3n) is 6.53. The first-order valence-electron chi connectivity index (χ1n) is 11.7. The number of imidazole rings is 1. The Morgan fingerprint density at radius 1 is 1.00 bits per heavy atom. The molecule has 0 bridgehead atoms. The van der Waals surface area contributed by atoms with Crippen LogP contribution in [0.2, 0.25) is 0 Å². The van der Waals surface area contributed by atoms with E-state index in [0.717, 1.165) is 20.3 Å². The Hall–Kier alpha value is -3.51. The fourth-order valence-corrected chi connectivity index (χ4v) is 5.01. The van der Waals surface area contributed by atoms with Gasteiger partial charge in [-0.05, 0) is 54.2 Å². The molecule has 1 aliphatic rings. The van der Waals surface area contributed by atoms with Gasteiger partial charge in [0.15, 0.2) is 16.3 Å². The van der Waals surface area contributed by atoms with Gasteiger partial charge in [0.25, 0.3) is 5.56 Å². The zero-order chi connectivity index (χ0) is 26.3. The molecule has 37 heavy (non-hydrogen) atoms. The van der Waals surface area contributed by atoms with Crippen molar-refractivity contribution in [2.45, 2.75) is 6.54 Å². The van der Waals surface area contributed by atoms with Crippen LogP contribution in [0.4, 0.5) is 16.0 Å². The van der Waals surface area contributed by atoms with Gasteiger partial charge < -0.3 is 15.1 Å². The molecule has 12 heteroatoms. The van der Waals surface area contributed by atoms with Gasteiger partial charge in [0, 0.05) is 50.4 Å². The van der Waals surface area contributed by atoms with Crippen molar-refractivity contribution in [3.05, 3.63) is 85.2 Å². The van der Waals surface area contributed by atoms with Crippen molar-refractivity contribution in [1.82, 2.24) is 23.6 Å². The molecule has 1 N–H and O–H groups in total. The highest BCUT2D eigenvalue weighted by Gasteiger charge is 2.26. The summed E-state index contributed by atoms with van der Waals surface area (Å²) in [5.41, 5.74) is 1.68. The first-order valence-corrected chi connectivity index (χ1v) is 12.9. The van der Waals surface area contributed by atoms with Crippen molar-refractivity contribution in [3.63, 3.8) is 0 Å². The van der Waals surface area contributed by atoms with Crippen LogP contribution >= 0.6 is 28.1 Å². The average Bonchev–Trinajstić information content (AvgIpc) is 3.28. The second-order valence-electron chi connectivity index (χ2n) is 8.91. The molecule has 1 saturated heterocycles. The van der Waals surface area contributed by atoms with Gasteiger partial charge in [-0.1, -0.05) is 28.1 Å². The molecular formula is C25H25BrFN7O2S. The number of hydrogen-bond donors (Lipinski definition) is 1. The highest BCUT2D eigenvalue weighted by molar-refractivity contribution is 9.10. The summed E-state index contributed by atoms with van der Waals surface area (Å²) in [7, 11) is 3.11. The fourth-order valence-electron chi connectivity index (χ4n) is 4.44. The first-order chi connectivity index (χ1) is 17.7. The minimum absolute atomic E-state index is 0.302. The van der Waals surface area contributed by atoms with Gasteiger partial charge >= 0.3 is 5.69 Å². The number of aromatic nitrogens is 4. The molecule has 2 aromatic carbocycles. The summed E-state index contributed by atoms with van der Waals surface area (Å²) in [4.78, 5) is 34.7. The van der Waals surface area contributed by atoms with Gasteiger partial charge in [0.2, 0.25) is 5.95 Å². The Morgan fingerprint density at radius 2 is 1.65 bits per heavy atom. The third-order valence-corrected chi connectivity index (χ3v) is 7.42. The number of hydrogen-bond acceptors (Lipinski definition) is 5. The minimum atomic E-state index is -0.417. The van der Waals surface area contributed by atoms with Crippen molar-refractivity contribution in [2.24, 2.45) is 14.1 Å². The number of piperazine rings is 1. The lowest BCUT2D eigenvalue weighted by Gasteiger charge is -2.36. The van der Waals surface area contributed by atoms with E-state index in [1.165, 1.54) is 23.7 Å². The summed E-state index contributed by atoms with van der Waals surface area (Å²) in [5.74, 6) is 0.330. The van der Waals surface area contributed by atoms with Gasteiger partial charge in [-0.15, -0.1) is 0 Å². The molecule has 1 aliphatic heterocycles. The summed E-state index contributed by atoms with van der Waals surface area (Å²) < 4.78 is 18.6. The number of benzene rings is 2. The third kappa shape index (κ3) is 4.90. The molecule has 0 spiro atoms. The summed E-state index contributed by atoms with van der Waals surface area (Å²) >= 11 is 9.04. The van der Waals surface area contributed by atoms with Crippen LogP contribution < -0.4 is 21.5 Å². The minimum Gasteiger partial charge on any atom is -0.345 e. The smallest absolute Gasteiger partial charge is 0.332 e. The number of thiocarbonyl (C=S) groups is 1. The predicted molar refractivity (Wildman–Crippen MR) is 150 cm³/mol. The van der Waals surface area contributed by atoms with Crippen molar-refractivity contribution in [3.8, 4) is 0 Å². The monoisotopic (exact) mass is 585 g/mol. The average molecular weight is 586 g/mol. The number of nitrogens with one attached hydrogen (secondary N) is 1. The number of nitrogens with zero attached hydrogens (tertiary/aromatic N) is 6. The van der Waals surface area contributed by atoms with E-state index in [9.17, 15) is 14.0 Å². The van der Waals surface area contributed by atoms with Gasteiger partial charge in [-0.3, -0.25) is 18.5 Å². The molecule has 1 fully saturated rings. The summed E-state index contributed by atoms with van der Waals surface area (Å²) in [6, 6.07) is 14.0. The molecule has 192 valence electrons. The zero-order valence-electron chi connectivity index (χ0n) is 20.3. The molecule has 0 saturated carbocycles. The van der Waals surface area contributed by atoms with Gasteiger partial charge in [-0.25, -0.2) is 9.18 Å². The maximum atomic E-state index is 13.2. The molecular weight excluding hydrogens is 561 g/mol. The topological polar surface area (TPSA) is 80.3 Å². The van der Waals surface area contributed by atoms with Crippen LogP contribution in [0.25, 0.3) is 11.2 Å². The van der Waals surface area contributed by atoms with Crippen LogP contribution in [-0.2, 0) is 20.6 Å². The second kappa shape index (κ2) is 10.1. The van der Waals surface area contributed by atoms with E-state index in [4.69, 9.17) is 17.2 Å². The second-order valence-corrected chi connectivity index (χ2v) is 10.2. The quantitative estimate of drug-likeness (QED) is 0.369. The normalized spacial score (nSPS) is 13.8. The van der Waals surface area contributed by atoms with E-state index in [1.54, 1.807) is 19.2 Å². The van der Waals surface area contributed by atoms with Crippen LogP contribution in [0.5, 0.6) is 0 Å². The number of fused-ring (bicyclic) bond motifs is 1. The standard InChI is InChI=1S/C25H25BrFN7O2S/c1-30-21-20(22(35)31(2)25(30)36)34(15-16-3-5-17(26)6-4-16)23(29-21)32-11-13-33(14-12-32)24(37)28-19-9-7-18(27)8-10-19/h3-10H,11-15H2,1-2H3,(H,28,37). The van der Waals surface area contributed by atoms with Crippen molar-refractivity contribution >= 4 is 56.1 Å². The van der Waals surface area contributed by atoms with Gasteiger partial charge in [0.05, 0.1) is 6.54 Å². The largest absolute Gasteiger partial charge is 0.345 e. The first kappa shape index (κ1) is 25.2. The molecule has 5 rings (SSSR count). The van der Waals surface area contributed by atoms with Gasteiger partial charge in [0.1, 0.15) is 5.82 Å². The molecule has 4 aromatic rings. The highest BCUT2D eigenvalue weighted by atomic mass is 79.9. The maximum Gasteiger partial charge on any atom is 0.332 e. The summed E-state index contributed by atoms with van der Waals surface area (Å²) in [6.45, 7) is 2.92. The van der Waals surface area contributed by atoms with Crippen molar-refractivity contribution in [2.75, 3.05) is 36.4 Å². The number of halogens is 2. The molecule has 0 amide bonds. The van der Waals surface area contributed by atoms with E-state index in [1.807, 2.05) is 33.7 Å². The zero-order valence-corrected chi connectivity index (χ0v) is 22.7. The van der Waals surface area contributed by atoms with Crippen LogP contribution in [0, 0.1) is 5.82 Å². The molecule has 2 aromatic heterocycles. The lowest BCUT2D eigenvalue weighted by atomic mass is 10.2. The maximum absolute atomic E-state index is 13.2. The molecule has 3 heterocycles. The Bertz CT molecular complexity index is 1590. The summed E-state index contributed by atoms with van der Waals surface area (Å²) in [6.07, 6.45) is 0.